The van der Waals surface area contributed by atoms with Gasteiger partial charge in [-0.2, -0.15) is 4.31 Å². The maximum Gasteiger partial charge on any atom is 0.291 e. The number of aryl methyl sites for hydroxylation is 1. The van der Waals surface area contributed by atoms with Gasteiger partial charge in [-0.25, -0.2) is 8.42 Å². The Morgan fingerprint density at radius 3 is 2.44 bits per heavy atom. The number of benzene rings is 1. The monoisotopic (exact) mass is 448 g/mol. The van der Waals surface area contributed by atoms with Crippen LogP contribution in [0.15, 0.2) is 38.2 Å². The molecule has 0 spiro atoms. The van der Waals surface area contributed by atoms with E-state index in [0.717, 1.165) is 0 Å². The van der Waals surface area contributed by atoms with Crippen molar-refractivity contribution in [2.75, 3.05) is 18.4 Å². The first kappa shape index (κ1) is 20.0. The van der Waals surface area contributed by atoms with Gasteiger partial charge in [0.2, 0.25) is 10.0 Å². The normalized spacial score (nSPS) is 11.8. The van der Waals surface area contributed by atoms with Gasteiger partial charge in [-0.05, 0) is 47.1 Å². The highest BCUT2D eigenvalue weighted by atomic mass is 79.9. The first-order valence-electron chi connectivity index (χ1n) is 7.57. The summed E-state index contributed by atoms with van der Waals surface area (Å²) in [5.41, 5.74) is 0.847. The zero-order valence-electron chi connectivity index (χ0n) is 14.0. The molecule has 1 N–H and O–H groups in total. The van der Waals surface area contributed by atoms with Crippen LogP contribution in [0.3, 0.4) is 0 Å². The van der Waals surface area contributed by atoms with Crippen molar-refractivity contribution in [3.8, 4) is 0 Å². The van der Waals surface area contributed by atoms with Crippen LogP contribution in [0.5, 0.6) is 0 Å². The summed E-state index contributed by atoms with van der Waals surface area (Å²) in [6.07, 6.45) is 0. The number of furan rings is 1. The van der Waals surface area contributed by atoms with Crippen molar-refractivity contribution in [1.29, 1.82) is 0 Å². The summed E-state index contributed by atoms with van der Waals surface area (Å²) in [5, 5.41) is 2.83. The van der Waals surface area contributed by atoms with E-state index in [9.17, 15) is 13.2 Å². The molecule has 0 aliphatic carbocycles. The Hall–Kier alpha value is -1.35. The van der Waals surface area contributed by atoms with Crippen LogP contribution in [0, 0.1) is 6.92 Å². The molecular weight excluding hydrogens is 432 g/mol. The third-order valence-corrected chi connectivity index (χ3v) is 6.39. The highest BCUT2D eigenvalue weighted by Crippen LogP contribution is 2.28. The van der Waals surface area contributed by atoms with Crippen molar-refractivity contribution >= 4 is 49.1 Å². The van der Waals surface area contributed by atoms with Crippen LogP contribution in [-0.4, -0.2) is 31.7 Å². The Balaban J connectivity index is 2.37. The number of rotatable bonds is 6. The van der Waals surface area contributed by atoms with Crippen LogP contribution in [-0.2, 0) is 10.0 Å². The van der Waals surface area contributed by atoms with Crippen LogP contribution in [0.4, 0.5) is 5.69 Å². The summed E-state index contributed by atoms with van der Waals surface area (Å²) in [6.45, 7) is 5.95. The van der Waals surface area contributed by atoms with Crippen LogP contribution in [0.25, 0.3) is 0 Å². The highest BCUT2D eigenvalue weighted by molar-refractivity contribution is 9.10. The van der Waals surface area contributed by atoms with E-state index in [1.54, 1.807) is 26.8 Å². The Morgan fingerprint density at radius 1 is 1.28 bits per heavy atom. The topological polar surface area (TPSA) is 79.6 Å². The Labute approximate surface area is 160 Å². The van der Waals surface area contributed by atoms with E-state index in [4.69, 9.17) is 16.0 Å². The molecule has 0 unspecified atom stereocenters. The Morgan fingerprint density at radius 2 is 1.92 bits per heavy atom. The minimum atomic E-state index is -3.65. The van der Waals surface area contributed by atoms with E-state index in [1.807, 2.05) is 0 Å². The molecule has 1 aromatic carbocycles. The summed E-state index contributed by atoms with van der Waals surface area (Å²) < 4.78 is 32.3. The number of hydrogen-bond donors (Lipinski definition) is 1. The maximum absolute atomic E-state index is 12.6. The standard InChI is InChI=1S/C16H18BrClN2O4S/c1-4-20(5-2)25(22,23)11-6-7-12(18)13(9-11)19-16(21)15-10(3)8-14(17)24-15/h6-9H,4-5H2,1-3H3,(H,19,21). The predicted octanol–water partition coefficient (Wildman–Crippen LogP) is 4.29. The summed E-state index contributed by atoms with van der Waals surface area (Å²) in [7, 11) is -3.65. The SMILES string of the molecule is CCN(CC)S(=O)(=O)c1ccc(Cl)c(NC(=O)c2oc(Br)cc2C)c1. The van der Waals surface area contributed by atoms with Crippen molar-refractivity contribution in [3.63, 3.8) is 0 Å². The first-order valence-corrected chi connectivity index (χ1v) is 10.2. The van der Waals surface area contributed by atoms with Crippen molar-refractivity contribution in [1.82, 2.24) is 4.31 Å². The molecule has 0 saturated heterocycles. The van der Waals surface area contributed by atoms with E-state index in [0.29, 0.717) is 23.3 Å². The molecule has 0 aliphatic heterocycles. The molecule has 0 atom stereocenters. The Bertz CT molecular complexity index is 892. The third-order valence-electron chi connectivity index (χ3n) is 3.62. The zero-order valence-corrected chi connectivity index (χ0v) is 17.1. The Kier molecular flexibility index (Phi) is 6.31. The van der Waals surface area contributed by atoms with Crippen molar-refractivity contribution in [3.05, 3.63) is 45.3 Å². The molecule has 0 bridgehead atoms. The lowest BCUT2D eigenvalue weighted by molar-refractivity contribution is 0.0994. The van der Waals surface area contributed by atoms with E-state index < -0.39 is 15.9 Å². The quantitative estimate of drug-likeness (QED) is 0.713. The number of anilines is 1. The lowest BCUT2D eigenvalue weighted by Crippen LogP contribution is -2.30. The molecular formula is C16H18BrClN2O4S. The van der Waals surface area contributed by atoms with Crippen molar-refractivity contribution in [2.45, 2.75) is 25.7 Å². The molecule has 1 amide bonds. The molecule has 9 heteroatoms. The lowest BCUT2D eigenvalue weighted by Gasteiger charge is -2.19. The van der Waals surface area contributed by atoms with Gasteiger partial charge in [0.15, 0.2) is 10.4 Å². The largest absolute Gasteiger partial charge is 0.444 e. The number of amides is 1. The minimum absolute atomic E-state index is 0.0632. The van der Waals surface area contributed by atoms with Crippen LogP contribution in [0.1, 0.15) is 30.0 Å². The highest BCUT2D eigenvalue weighted by Gasteiger charge is 2.23. The number of carbonyl (C=O) groups excluding carboxylic acids is 1. The molecule has 0 aliphatic rings. The number of sulfonamides is 1. The summed E-state index contributed by atoms with van der Waals surface area (Å²) >= 11 is 9.27. The number of hydrogen-bond acceptors (Lipinski definition) is 4. The fraction of sp³-hybridized carbons (Fsp3) is 0.312. The van der Waals surface area contributed by atoms with Gasteiger partial charge in [-0.15, -0.1) is 0 Å². The second-order valence-corrected chi connectivity index (χ2v) is 8.37. The van der Waals surface area contributed by atoms with E-state index in [1.165, 1.54) is 22.5 Å². The number of halogens is 2. The second-order valence-electron chi connectivity index (χ2n) is 5.25. The fourth-order valence-corrected chi connectivity index (χ4v) is 4.48. The molecule has 0 saturated carbocycles. The summed E-state index contributed by atoms with van der Waals surface area (Å²) in [4.78, 5) is 12.4. The van der Waals surface area contributed by atoms with Crippen LogP contribution < -0.4 is 5.32 Å². The molecule has 25 heavy (non-hydrogen) atoms. The molecule has 136 valence electrons. The zero-order chi connectivity index (χ0) is 18.8. The molecule has 1 aromatic heterocycles. The van der Waals surface area contributed by atoms with E-state index in [2.05, 4.69) is 21.2 Å². The summed E-state index contributed by atoms with van der Waals surface area (Å²) in [5.74, 6) is -0.387. The van der Waals surface area contributed by atoms with Gasteiger partial charge in [-0.1, -0.05) is 25.4 Å². The number of nitrogens with one attached hydrogen (secondary N) is 1. The van der Waals surface area contributed by atoms with Crippen molar-refractivity contribution in [2.24, 2.45) is 0 Å². The van der Waals surface area contributed by atoms with Crippen LogP contribution in [0.2, 0.25) is 5.02 Å². The first-order chi connectivity index (χ1) is 11.7. The molecule has 2 aromatic rings. The number of nitrogens with zero attached hydrogens (tertiary/aromatic N) is 1. The molecule has 1 heterocycles. The van der Waals surface area contributed by atoms with Gasteiger partial charge in [0.1, 0.15) is 0 Å². The molecule has 6 nitrogen and oxygen atoms in total. The fourth-order valence-electron chi connectivity index (χ4n) is 2.32. The average Bonchev–Trinajstić information content (AvgIpc) is 2.88. The van der Waals surface area contributed by atoms with Gasteiger partial charge in [0, 0.05) is 18.7 Å². The predicted molar refractivity (Wildman–Crippen MR) is 101 cm³/mol. The van der Waals surface area contributed by atoms with Gasteiger partial charge < -0.3 is 9.73 Å². The smallest absolute Gasteiger partial charge is 0.291 e. The van der Waals surface area contributed by atoms with Crippen molar-refractivity contribution < 1.29 is 17.6 Å². The van der Waals surface area contributed by atoms with Gasteiger partial charge in [-0.3, -0.25) is 4.79 Å². The molecule has 0 radical (unpaired) electrons. The third kappa shape index (κ3) is 4.25. The van der Waals surface area contributed by atoms with E-state index in [-0.39, 0.29) is 21.4 Å². The lowest BCUT2D eigenvalue weighted by atomic mass is 10.2. The van der Waals surface area contributed by atoms with E-state index >= 15 is 0 Å². The average molecular weight is 450 g/mol. The van der Waals surface area contributed by atoms with Gasteiger partial charge in [0.25, 0.3) is 5.91 Å². The van der Waals surface area contributed by atoms with Gasteiger partial charge >= 0.3 is 0 Å². The maximum atomic E-state index is 12.6. The summed E-state index contributed by atoms with van der Waals surface area (Å²) in [6, 6.07) is 5.87. The number of carbonyl (C=O) groups is 1. The van der Waals surface area contributed by atoms with Crippen LogP contribution >= 0.6 is 27.5 Å². The molecule has 0 fully saturated rings. The minimum Gasteiger partial charge on any atom is -0.444 e. The van der Waals surface area contributed by atoms with Gasteiger partial charge in [0.05, 0.1) is 15.6 Å². The second kappa shape index (κ2) is 7.90. The molecule has 2 rings (SSSR count).